The van der Waals surface area contributed by atoms with Gasteiger partial charge in [-0.1, -0.05) is 32.0 Å². The van der Waals surface area contributed by atoms with E-state index >= 15 is 0 Å². The van der Waals surface area contributed by atoms with Crippen LogP contribution in [0.1, 0.15) is 44.2 Å². The molecule has 0 spiro atoms. The van der Waals surface area contributed by atoms with Gasteiger partial charge in [0.1, 0.15) is 11.3 Å². The second-order valence-corrected chi connectivity index (χ2v) is 7.14. The maximum atomic E-state index is 12.5. The molecule has 0 unspecified atom stereocenters. The summed E-state index contributed by atoms with van der Waals surface area (Å²) in [6.45, 7) is 5.74. The molecule has 2 aromatic carbocycles. The van der Waals surface area contributed by atoms with E-state index in [9.17, 15) is 14.7 Å². The maximum Gasteiger partial charge on any atom is 0.311 e. The van der Waals surface area contributed by atoms with Crippen molar-refractivity contribution in [1.29, 1.82) is 0 Å². The fraction of sp³-hybridized carbons (Fsp3) is 0.304. The zero-order valence-corrected chi connectivity index (χ0v) is 16.8. The Morgan fingerprint density at radius 2 is 1.93 bits per heavy atom. The second-order valence-electron chi connectivity index (χ2n) is 7.14. The highest BCUT2D eigenvalue weighted by atomic mass is 16.5. The summed E-state index contributed by atoms with van der Waals surface area (Å²) in [5.74, 6) is -0.517. The Labute approximate surface area is 169 Å². The molecular weight excluding hydrogens is 370 g/mol. The van der Waals surface area contributed by atoms with Gasteiger partial charge >= 0.3 is 5.97 Å². The van der Waals surface area contributed by atoms with Crippen molar-refractivity contribution in [2.45, 2.75) is 45.6 Å². The molecule has 152 valence electrons. The van der Waals surface area contributed by atoms with Crippen molar-refractivity contribution in [1.82, 2.24) is 0 Å². The molecule has 0 bridgehead atoms. The van der Waals surface area contributed by atoms with Crippen LogP contribution in [0.4, 0.5) is 5.69 Å². The average Bonchev–Trinajstić information content (AvgIpc) is 3.09. The second kappa shape index (κ2) is 8.82. The first-order valence-corrected chi connectivity index (χ1v) is 9.67. The Morgan fingerprint density at radius 3 is 2.69 bits per heavy atom. The van der Waals surface area contributed by atoms with Gasteiger partial charge in [-0.2, -0.15) is 0 Å². The summed E-state index contributed by atoms with van der Waals surface area (Å²) >= 11 is 0. The number of phenolic OH excluding ortho intramolecular Hbond substituents is 1. The minimum absolute atomic E-state index is 0.0289. The molecule has 0 aliphatic rings. The highest BCUT2D eigenvalue weighted by Gasteiger charge is 2.21. The third-order valence-electron chi connectivity index (χ3n) is 5.01. The number of ether oxygens (including phenoxy) is 1. The van der Waals surface area contributed by atoms with Crippen molar-refractivity contribution in [3.63, 3.8) is 0 Å². The smallest absolute Gasteiger partial charge is 0.311 e. The maximum absolute atomic E-state index is 12.5. The van der Waals surface area contributed by atoms with Crippen LogP contribution in [0.25, 0.3) is 11.0 Å². The van der Waals surface area contributed by atoms with Gasteiger partial charge in [-0.25, -0.2) is 0 Å². The molecule has 1 amide bonds. The van der Waals surface area contributed by atoms with Gasteiger partial charge in [-0.05, 0) is 43.0 Å². The lowest BCUT2D eigenvalue weighted by atomic mass is 9.97. The van der Waals surface area contributed by atoms with Crippen LogP contribution in [-0.2, 0) is 20.7 Å². The third kappa shape index (κ3) is 4.77. The number of carbonyl (C=O) groups is 2. The Balaban J connectivity index is 1.63. The van der Waals surface area contributed by atoms with Crippen LogP contribution in [0.15, 0.2) is 53.1 Å². The molecule has 3 rings (SSSR count). The summed E-state index contributed by atoms with van der Waals surface area (Å²) < 4.78 is 10.7. The monoisotopic (exact) mass is 395 g/mol. The van der Waals surface area contributed by atoms with Crippen molar-refractivity contribution >= 4 is 28.5 Å². The molecule has 0 saturated heterocycles. The lowest BCUT2D eigenvalue weighted by molar-refractivity contribution is -0.152. The summed E-state index contributed by atoms with van der Waals surface area (Å²) in [4.78, 5) is 24.8. The van der Waals surface area contributed by atoms with E-state index < -0.39 is 12.1 Å². The van der Waals surface area contributed by atoms with E-state index in [0.29, 0.717) is 17.1 Å². The molecule has 2 atom stereocenters. The lowest BCUT2D eigenvalue weighted by Crippen LogP contribution is -2.30. The number of para-hydroxylation sites is 1. The minimum atomic E-state index is -0.935. The van der Waals surface area contributed by atoms with Crippen LogP contribution in [0, 0.1) is 0 Å². The first kappa shape index (κ1) is 20.5. The number of furan rings is 1. The molecule has 29 heavy (non-hydrogen) atoms. The van der Waals surface area contributed by atoms with Crippen molar-refractivity contribution < 1.29 is 23.8 Å². The fourth-order valence-electron chi connectivity index (χ4n) is 3.15. The topological polar surface area (TPSA) is 88.8 Å². The Morgan fingerprint density at radius 1 is 1.17 bits per heavy atom. The van der Waals surface area contributed by atoms with Crippen molar-refractivity contribution in [3.8, 4) is 5.75 Å². The highest BCUT2D eigenvalue weighted by Crippen LogP contribution is 2.27. The van der Waals surface area contributed by atoms with Gasteiger partial charge in [-0.3, -0.25) is 9.59 Å². The van der Waals surface area contributed by atoms with Crippen LogP contribution < -0.4 is 5.32 Å². The minimum Gasteiger partial charge on any atom is -0.508 e. The van der Waals surface area contributed by atoms with E-state index in [1.165, 1.54) is 18.4 Å². The SMILES string of the molecule is CC[C@H](C)c1ccccc1NC(=O)[C@@H](C)OC(=O)Cc1coc2cc(O)ccc12. The van der Waals surface area contributed by atoms with Crippen LogP contribution in [0.5, 0.6) is 5.75 Å². The third-order valence-corrected chi connectivity index (χ3v) is 5.01. The number of rotatable bonds is 7. The van der Waals surface area contributed by atoms with Gasteiger partial charge in [0, 0.05) is 22.7 Å². The van der Waals surface area contributed by atoms with Gasteiger partial charge in [-0.15, -0.1) is 0 Å². The van der Waals surface area contributed by atoms with Crippen LogP contribution in [0.2, 0.25) is 0 Å². The number of nitrogens with one attached hydrogen (secondary N) is 1. The van der Waals surface area contributed by atoms with E-state index in [-0.39, 0.29) is 18.1 Å². The molecule has 6 heteroatoms. The van der Waals surface area contributed by atoms with Gasteiger partial charge in [0.25, 0.3) is 5.91 Å². The van der Waals surface area contributed by atoms with Gasteiger partial charge < -0.3 is 19.6 Å². The van der Waals surface area contributed by atoms with E-state index in [1.54, 1.807) is 13.0 Å². The van der Waals surface area contributed by atoms with Gasteiger partial charge in [0.15, 0.2) is 6.10 Å². The first-order chi connectivity index (χ1) is 13.9. The predicted octanol–water partition coefficient (Wildman–Crippen LogP) is 4.76. The number of hydrogen-bond acceptors (Lipinski definition) is 5. The molecule has 1 aromatic heterocycles. The molecule has 3 aromatic rings. The largest absolute Gasteiger partial charge is 0.508 e. The van der Waals surface area contributed by atoms with E-state index in [0.717, 1.165) is 23.1 Å². The molecule has 0 aliphatic carbocycles. The summed E-state index contributed by atoms with van der Waals surface area (Å²) in [5.41, 5.74) is 2.91. The number of benzene rings is 2. The van der Waals surface area contributed by atoms with E-state index in [1.807, 2.05) is 24.3 Å². The molecule has 2 N–H and O–H groups in total. The number of amides is 1. The molecular formula is C23H25NO5. The number of carbonyl (C=O) groups excluding carboxylic acids is 2. The summed E-state index contributed by atoms with van der Waals surface area (Å²) in [5, 5.41) is 13.1. The summed E-state index contributed by atoms with van der Waals surface area (Å²) in [7, 11) is 0. The van der Waals surface area contributed by atoms with Crippen LogP contribution >= 0.6 is 0 Å². The number of esters is 1. The zero-order valence-electron chi connectivity index (χ0n) is 16.8. The highest BCUT2D eigenvalue weighted by molar-refractivity contribution is 5.96. The Hall–Kier alpha value is -3.28. The standard InChI is InChI=1S/C23H25NO5/c1-4-14(2)18-7-5-6-8-20(18)24-23(27)15(3)29-22(26)11-16-13-28-21-12-17(25)9-10-19(16)21/h5-10,12-15,25H,4,11H2,1-3H3,(H,24,27)/t14-,15+/m0/s1. The predicted molar refractivity (Wildman–Crippen MR) is 111 cm³/mol. The quantitative estimate of drug-likeness (QED) is 0.563. The van der Waals surface area contributed by atoms with Gasteiger partial charge in [0.05, 0.1) is 12.7 Å². The molecule has 0 saturated carbocycles. The number of hydrogen-bond donors (Lipinski definition) is 2. The summed E-state index contributed by atoms with van der Waals surface area (Å²) in [6.07, 6.45) is 1.44. The molecule has 0 aliphatic heterocycles. The van der Waals surface area contributed by atoms with Crippen molar-refractivity contribution in [3.05, 3.63) is 59.9 Å². The molecule has 0 fully saturated rings. The Kier molecular flexibility index (Phi) is 6.22. The number of fused-ring (bicyclic) bond motifs is 1. The van der Waals surface area contributed by atoms with E-state index in [2.05, 4.69) is 19.2 Å². The fourth-order valence-corrected chi connectivity index (χ4v) is 3.15. The van der Waals surface area contributed by atoms with Gasteiger partial charge in [0.2, 0.25) is 0 Å². The molecule has 0 radical (unpaired) electrons. The zero-order chi connectivity index (χ0) is 21.0. The normalized spacial score (nSPS) is 13.1. The molecule has 1 heterocycles. The van der Waals surface area contributed by atoms with E-state index in [4.69, 9.17) is 9.15 Å². The van der Waals surface area contributed by atoms with Crippen molar-refractivity contribution in [2.24, 2.45) is 0 Å². The van der Waals surface area contributed by atoms with Crippen LogP contribution in [0.3, 0.4) is 0 Å². The van der Waals surface area contributed by atoms with Crippen molar-refractivity contribution in [2.75, 3.05) is 5.32 Å². The first-order valence-electron chi connectivity index (χ1n) is 9.67. The molecule has 6 nitrogen and oxygen atoms in total. The lowest BCUT2D eigenvalue weighted by Gasteiger charge is -2.18. The number of anilines is 1. The Bertz CT molecular complexity index is 1020. The van der Waals surface area contributed by atoms with Crippen LogP contribution in [-0.4, -0.2) is 23.1 Å². The number of phenols is 1. The number of aromatic hydroxyl groups is 1. The summed E-state index contributed by atoms with van der Waals surface area (Å²) in [6, 6.07) is 12.3. The average molecular weight is 395 g/mol.